The molecule has 1 heterocycles. The summed E-state index contributed by atoms with van der Waals surface area (Å²) in [6.45, 7) is 5.18. The normalized spacial score (nSPS) is 23.9. The summed E-state index contributed by atoms with van der Waals surface area (Å²) in [4.78, 5) is 0. The van der Waals surface area contributed by atoms with Gasteiger partial charge in [-0.1, -0.05) is 13.8 Å². The van der Waals surface area contributed by atoms with Crippen LogP contribution in [0, 0.1) is 5.92 Å². The molecule has 0 bridgehead atoms. The molecular weight excluding hydrogens is 212 g/mol. The predicted molar refractivity (Wildman–Crippen MR) is 62.0 cm³/mol. The average Bonchev–Trinajstić information content (AvgIpc) is 2.63. The minimum absolute atomic E-state index is 0.0437. The maximum atomic E-state index is 12.0. The highest BCUT2D eigenvalue weighted by Gasteiger charge is 2.32. The van der Waals surface area contributed by atoms with Gasteiger partial charge in [0, 0.05) is 19.1 Å². The lowest BCUT2D eigenvalue weighted by Gasteiger charge is -2.23. The third kappa shape index (κ3) is 3.43. The molecule has 0 amide bonds. The third-order valence-corrected chi connectivity index (χ3v) is 4.85. The Morgan fingerprint density at radius 3 is 2.67 bits per heavy atom. The lowest BCUT2D eigenvalue weighted by atomic mass is 10.2. The first kappa shape index (κ1) is 12.9. The molecule has 0 saturated carbocycles. The Balaban J connectivity index is 2.60. The second kappa shape index (κ2) is 5.27. The summed E-state index contributed by atoms with van der Waals surface area (Å²) >= 11 is 0. The maximum Gasteiger partial charge on any atom is 0.214 e. The number of hydrogen-bond acceptors (Lipinski definition) is 3. The van der Waals surface area contributed by atoms with Gasteiger partial charge in [0.2, 0.25) is 10.0 Å². The summed E-state index contributed by atoms with van der Waals surface area (Å²) < 4.78 is 25.6. The van der Waals surface area contributed by atoms with Crippen molar-refractivity contribution >= 4 is 10.0 Å². The maximum absolute atomic E-state index is 12.0. The summed E-state index contributed by atoms with van der Waals surface area (Å²) in [5, 5.41) is 0. The van der Waals surface area contributed by atoms with E-state index in [4.69, 9.17) is 5.73 Å². The van der Waals surface area contributed by atoms with E-state index in [1.807, 2.05) is 13.8 Å². The van der Waals surface area contributed by atoms with E-state index in [0.29, 0.717) is 19.0 Å². The molecular formula is C10H22N2O2S. The van der Waals surface area contributed by atoms with Crippen molar-refractivity contribution in [1.29, 1.82) is 0 Å². The van der Waals surface area contributed by atoms with E-state index >= 15 is 0 Å². The lowest BCUT2D eigenvalue weighted by Crippen LogP contribution is -2.41. The van der Waals surface area contributed by atoms with Gasteiger partial charge in [0.25, 0.3) is 0 Å². The lowest BCUT2D eigenvalue weighted by molar-refractivity contribution is 0.390. The quantitative estimate of drug-likeness (QED) is 0.765. The zero-order valence-electron chi connectivity index (χ0n) is 9.65. The monoisotopic (exact) mass is 234 g/mol. The first-order chi connectivity index (χ1) is 6.97. The summed E-state index contributed by atoms with van der Waals surface area (Å²) in [5.74, 6) is 0.694. The summed E-state index contributed by atoms with van der Waals surface area (Å²) in [5.41, 5.74) is 5.57. The molecule has 0 spiro atoms. The van der Waals surface area contributed by atoms with Gasteiger partial charge in [-0.05, 0) is 25.2 Å². The summed E-state index contributed by atoms with van der Waals surface area (Å²) in [6, 6.07) is 0.0437. The first-order valence-corrected chi connectivity index (χ1v) is 7.28. The zero-order chi connectivity index (χ0) is 11.5. The zero-order valence-corrected chi connectivity index (χ0v) is 10.5. The van der Waals surface area contributed by atoms with E-state index in [2.05, 4.69) is 0 Å². The van der Waals surface area contributed by atoms with Gasteiger partial charge in [-0.25, -0.2) is 8.42 Å². The minimum Gasteiger partial charge on any atom is -0.329 e. The first-order valence-electron chi connectivity index (χ1n) is 5.67. The van der Waals surface area contributed by atoms with E-state index in [9.17, 15) is 8.42 Å². The van der Waals surface area contributed by atoms with Crippen molar-refractivity contribution in [3.05, 3.63) is 0 Å². The van der Waals surface area contributed by atoms with Crippen LogP contribution in [-0.2, 0) is 10.0 Å². The van der Waals surface area contributed by atoms with E-state index < -0.39 is 10.0 Å². The second-order valence-corrected chi connectivity index (χ2v) is 6.68. The Bertz CT molecular complexity index is 288. The van der Waals surface area contributed by atoms with Crippen molar-refractivity contribution in [2.75, 3.05) is 18.8 Å². The highest BCUT2D eigenvalue weighted by molar-refractivity contribution is 7.89. The molecule has 90 valence electrons. The van der Waals surface area contributed by atoms with Gasteiger partial charge in [-0.2, -0.15) is 4.31 Å². The third-order valence-electron chi connectivity index (χ3n) is 2.91. The molecule has 0 aromatic heterocycles. The van der Waals surface area contributed by atoms with E-state index in [1.54, 1.807) is 4.31 Å². The van der Waals surface area contributed by atoms with Gasteiger partial charge in [-0.3, -0.25) is 0 Å². The van der Waals surface area contributed by atoms with E-state index in [0.717, 1.165) is 19.3 Å². The number of hydrogen-bond donors (Lipinski definition) is 1. The highest BCUT2D eigenvalue weighted by atomic mass is 32.2. The van der Waals surface area contributed by atoms with Gasteiger partial charge in [0.05, 0.1) is 5.75 Å². The minimum atomic E-state index is -3.06. The Morgan fingerprint density at radius 2 is 2.13 bits per heavy atom. The molecule has 4 nitrogen and oxygen atoms in total. The fraction of sp³-hybridized carbons (Fsp3) is 1.00. The highest BCUT2D eigenvalue weighted by Crippen LogP contribution is 2.21. The molecule has 0 aromatic rings. The molecule has 0 radical (unpaired) electrons. The Labute approximate surface area is 92.9 Å². The molecule has 1 fully saturated rings. The average molecular weight is 234 g/mol. The number of rotatable bonds is 5. The summed E-state index contributed by atoms with van der Waals surface area (Å²) in [6.07, 6.45) is 2.59. The van der Waals surface area contributed by atoms with Crippen LogP contribution in [0.1, 0.15) is 33.1 Å². The van der Waals surface area contributed by atoms with Crippen LogP contribution in [0.4, 0.5) is 0 Å². The van der Waals surface area contributed by atoms with Gasteiger partial charge in [-0.15, -0.1) is 0 Å². The number of nitrogens with zero attached hydrogens (tertiary/aromatic N) is 1. The molecule has 1 atom stereocenters. The Morgan fingerprint density at radius 1 is 1.47 bits per heavy atom. The van der Waals surface area contributed by atoms with Crippen molar-refractivity contribution in [2.45, 2.75) is 39.2 Å². The van der Waals surface area contributed by atoms with Crippen molar-refractivity contribution < 1.29 is 8.42 Å². The van der Waals surface area contributed by atoms with Crippen LogP contribution in [0.3, 0.4) is 0 Å². The molecule has 5 heteroatoms. The van der Waals surface area contributed by atoms with E-state index in [1.165, 1.54) is 0 Å². The topological polar surface area (TPSA) is 63.4 Å². The molecule has 1 aliphatic rings. The van der Waals surface area contributed by atoms with E-state index in [-0.39, 0.29) is 11.8 Å². The SMILES string of the molecule is CC(C)CCS(=O)(=O)N1CCCC1CN. The number of sulfonamides is 1. The molecule has 1 aliphatic heterocycles. The van der Waals surface area contributed by atoms with Gasteiger partial charge < -0.3 is 5.73 Å². The Kier molecular flexibility index (Phi) is 4.55. The van der Waals surface area contributed by atoms with Gasteiger partial charge in [0.1, 0.15) is 0 Å². The molecule has 1 rings (SSSR count). The standard InChI is InChI=1S/C10H22N2O2S/c1-9(2)5-7-15(13,14)12-6-3-4-10(12)8-11/h9-10H,3-8,11H2,1-2H3. The molecule has 15 heavy (non-hydrogen) atoms. The molecule has 1 unspecified atom stereocenters. The van der Waals surface area contributed by atoms with Crippen LogP contribution in [0.5, 0.6) is 0 Å². The smallest absolute Gasteiger partial charge is 0.214 e. The Hall–Kier alpha value is -0.130. The molecule has 1 saturated heterocycles. The number of nitrogens with two attached hydrogens (primary N) is 1. The van der Waals surface area contributed by atoms with Crippen LogP contribution in [0.15, 0.2) is 0 Å². The molecule has 0 aliphatic carbocycles. The predicted octanol–water partition coefficient (Wildman–Crippen LogP) is 0.785. The molecule has 2 N–H and O–H groups in total. The van der Waals surface area contributed by atoms with Crippen LogP contribution < -0.4 is 5.73 Å². The van der Waals surface area contributed by atoms with Crippen molar-refractivity contribution in [3.63, 3.8) is 0 Å². The van der Waals surface area contributed by atoms with Crippen LogP contribution in [-0.4, -0.2) is 37.6 Å². The largest absolute Gasteiger partial charge is 0.329 e. The van der Waals surface area contributed by atoms with Gasteiger partial charge in [0.15, 0.2) is 0 Å². The second-order valence-electron chi connectivity index (χ2n) is 4.64. The fourth-order valence-electron chi connectivity index (χ4n) is 1.91. The van der Waals surface area contributed by atoms with Crippen LogP contribution in [0.2, 0.25) is 0 Å². The summed E-state index contributed by atoms with van der Waals surface area (Å²) in [7, 11) is -3.06. The molecule has 0 aromatic carbocycles. The fourth-order valence-corrected chi connectivity index (χ4v) is 3.97. The van der Waals surface area contributed by atoms with Crippen LogP contribution in [0.25, 0.3) is 0 Å². The van der Waals surface area contributed by atoms with Crippen molar-refractivity contribution in [1.82, 2.24) is 4.31 Å². The van der Waals surface area contributed by atoms with Gasteiger partial charge >= 0.3 is 0 Å². The van der Waals surface area contributed by atoms with Crippen molar-refractivity contribution in [2.24, 2.45) is 11.7 Å². The van der Waals surface area contributed by atoms with Crippen molar-refractivity contribution in [3.8, 4) is 0 Å². The van der Waals surface area contributed by atoms with Crippen LogP contribution >= 0.6 is 0 Å².